The van der Waals surface area contributed by atoms with Crippen molar-refractivity contribution in [3.63, 3.8) is 0 Å². The molecule has 0 N–H and O–H groups in total. The fourth-order valence-electron chi connectivity index (χ4n) is 2.62. The maximum atomic E-state index is 5.81. The van der Waals surface area contributed by atoms with Gasteiger partial charge in [0.05, 0.1) is 0 Å². The topological polar surface area (TPSA) is 35.3 Å². The van der Waals surface area contributed by atoms with Gasteiger partial charge in [0.15, 0.2) is 0 Å². The predicted octanol–water partition coefficient (Wildman–Crippen LogP) is 5.59. The van der Waals surface area contributed by atoms with Gasteiger partial charge in [-0.15, -0.1) is 0 Å². The second-order valence-electron chi connectivity index (χ2n) is 5.69. The van der Waals surface area contributed by atoms with Crippen LogP contribution in [0, 0.1) is 0 Å². The van der Waals surface area contributed by atoms with Gasteiger partial charge >= 0.3 is 0 Å². The first kappa shape index (κ1) is 15.2. The zero-order chi connectivity index (χ0) is 16.9. The second-order valence-corrected chi connectivity index (χ2v) is 5.69. The third kappa shape index (κ3) is 3.61. The van der Waals surface area contributed by atoms with E-state index in [2.05, 4.69) is 29.2 Å². The SMILES string of the molecule is c1ccc(-c2ccc(OCc3coc(-c4ccccc4)n3)cc2)cc1. The van der Waals surface area contributed by atoms with Crippen molar-refractivity contribution in [2.45, 2.75) is 6.61 Å². The van der Waals surface area contributed by atoms with E-state index >= 15 is 0 Å². The molecule has 3 aromatic carbocycles. The summed E-state index contributed by atoms with van der Waals surface area (Å²) in [4.78, 5) is 4.47. The van der Waals surface area contributed by atoms with E-state index in [9.17, 15) is 0 Å². The van der Waals surface area contributed by atoms with E-state index < -0.39 is 0 Å². The minimum Gasteiger partial charge on any atom is -0.487 e. The van der Waals surface area contributed by atoms with Gasteiger partial charge in [0.1, 0.15) is 24.3 Å². The van der Waals surface area contributed by atoms with E-state index in [0.29, 0.717) is 12.5 Å². The molecule has 0 aliphatic rings. The normalized spacial score (nSPS) is 10.6. The van der Waals surface area contributed by atoms with Crippen LogP contribution in [0.25, 0.3) is 22.6 Å². The molecule has 4 aromatic rings. The van der Waals surface area contributed by atoms with Crippen LogP contribution >= 0.6 is 0 Å². The highest BCUT2D eigenvalue weighted by atomic mass is 16.5. The van der Waals surface area contributed by atoms with E-state index in [1.807, 2.05) is 60.7 Å². The average Bonchev–Trinajstić information content (AvgIpc) is 3.17. The Morgan fingerprint density at radius 1 is 0.680 bits per heavy atom. The van der Waals surface area contributed by atoms with Gasteiger partial charge in [-0.2, -0.15) is 0 Å². The highest BCUT2D eigenvalue weighted by Gasteiger charge is 2.07. The van der Waals surface area contributed by atoms with Gasteiger partial charge in [0, 0.05) is 5.56 Å². The number of oxazole rings is 1. The largest absolute Gasteiger partial charge is 0.487 e. The molecule has 1 aromatic heterocycles. The Kier molecular flexibility index (Phi) is 4.29. The van der Waals surface area contributed by atoms with Crippen LogP contribution in [0.3, 0.4) is 0 Å². The predicted molar refractivity (Wildman–Crippen MR) is 98.1 cm³/mol. The zero-order valence-electron chi connectivity index (χ0n) is 13.6. The number of benzene rings is 3. The van der Waals surface area contributed by atoms with Crippen molar-refractivity contribution in [3.8, 4) is 28.3 Å². The lowest BCUT2D eigenvalue weighted by molar-refractivity contribution is 0.301. The molecule has 3 heteroatoms. The summed E-state index contributed by atoms with van der Waals surface area (Å²) >= 11 is 0. The van der Waals surface area contributed by atoms with E-state index in [1.54, 1.807) is 6.26 Å². The lowest BCUT2D eigenvalue weighted by Crippen LogP contribution is -1.95. The molecule has 0 spiro atoms. The van der Waals surface area contributed by atoms with Crippen LogP contribution in [0.2, 0.25) is 0 Å². The number of rotatable bonds is 5. The van der Waals surface area contributed by atoms with Gasteiger partial charge in [0.25, 0.3) is 0 Å². The van der Waals surface area contributed by atoms with Crippen LogP contribution in [-0.2, 0) is 6.61 Å². The summed E-state index contributed by atoms with van der Waals surface area (Å²) in [6, 6.07) is 28.2. The molecule has 4 rings (SSSR count). The molecule has 1 heterocycles. The van der Waals surface area contributed by atoms with Crippen LogP contribution in [0.15, 0.2) is 95.6 Å². The molecule has 0 aliphatic heterocycles. The number of ether oxygens (including phenoxy) is 1. The summed E-state index contributed by atoms with van der Waals surface area (Å²) in [5.41, 5.74) is 4.09. The van der Waals surface area contributed by atoms with Gasteiger partial charge in [-0.05, 0) is 35.4 Å². The molecule has 0 amide bonds. The van der Waals surface area contributed by atoms with Gasteiger partial charge < -0.3 is 9.15 Å². The van der Waals surface area contributed by atoms with Gasteiger partial charge in [-0.25, -0.2) is 4.98 Å². The Bertz CT molecular complexity index is 929. The first-order chi connectivity index (χ1) is 12.4. The summed E-state index contributed by atoms with van der Waals surface area (Å²) < 4.78 is 11.3. The lowest BCUT2D eigenvalue weighted by atomic mass is 10.1. The third-order valence-corrected chi connectivity index (χ3v) is 3.92. The van der Waals surface area contributed by atoms with Crippen LogP contribution in [0.5, 0.6) is 5.75 Å². The number of hydrogen-bond donors (Lipinski definition) is 0. The molecule has 122 valence electrons. The molecule has 0 radical (unpaired) electrons. The maximum absolute atomic E-state index is 5.81. The summed E-state index contributed by atoms with van der Waals surface area (Å²) in [5, 5.41) is 0. The summed E-state index contributed by atoms with van der Waals surface area (Å²) in [6.07, 6.45) is 1.64. The van der Waals surface area contributed by atoms with Crippen LogP contribution in [-0.4, -0.2) is 4.98 Å². The lowest BCUT2D eigenvalue weighted by Gasteiger charge is -2.06. The Hall–Kier alpha value is -3.33. The molecule has 25 heavy (non-hydrogen) atoms. The molecule has 0 saturated carbocycles. The Morgan fingerprint density at radius 3 is 1.96 bits per heavy atom. The van der Waals surface area contributed by atoms with E-state index in [1.165, 1.54) is 11.1 Å². The quantitative estimate of drug-likeness (QED) is 0.479. The summed E-state index contributed by atoms with van der Waals surface area (Å²) in [6.45, 7) is 0.376. The van der Waals surface area contributed by atoms with Gasteiger partial charge in [-0.3, -0.25) is 0 Å². The van der Waals surface area contributed by atoms with Crippen LogP contribution < -0.4 is 4.74 Å². The van der Waals surface area contributed by atoms with E-state index in [4.69, 9.17) is 9.15 Å². The van der Waals surface area contributed by atoms with Crippen molar-refractivity contribution in [2.24, 2.45) is 0 Å². The van der Waals surface area contributed by atoms with Crippen molar-refractivity contribution in [3.05, 3.63) is 96.9 Å². The average molecular weight is 327 g/mol. The minimum atomic E-state index is 0.376. The molecule has 0 unspecified atom stereocenters. The molecule has 0 aliphatic carbocycles. The molecule has 0 saturated heterocycles. The monoisotopic (exact) mass is 327 g/mol. The second kappa shape index (κ2) is 7.05. The standard InChI is InChI=1S/C22H17NO2/c1-3-7-17(8-4-1)18-11-13-21(14-12-18)24-15-20-16-25-22(23-20)19-9-5-2-6-10-19/h1-14,16H,15H2. The molecule has 0 bridgehead atoms. The van der Waals surface area contributed by atoms with Crippen LogP contribution in [0.4, 0.5) is 0 Å². The number of aromatic nitrogens is 1. The summed E-state index contributed by atoms with van der Waals surface area (Å²) in [7, 11) is 0. The van der Waals surface area contributed by atoms with Crippen molar-refractivity contribution in [1.82, 2.24) is 4.98 Å². The minimum absolute atomic E-state index is 0.376. The number of hydrogen-bond acceptors (Lipinski definition) is 3. The fourth-order valence-corrected chi connectivity index (χ4v) is 2.62. The molecule has 3 nitrogen and oxygen atoms in total. The van der Waals surface area contributed by atoms with E-state index in [-0.39, 0.29) is 0 Å². The molecular weight excluding hydrogens is 310 g/mol. The molecule has 0 atom stereocenters. The smallest absolute Gasteiger partial charge is 0.226 e. The number of nitrogens with zero attached hydrogens (tertiary/aromatic N) is 1. The van der Waals surface area contributed by atoms with Crippen molar-refractivity contribution < 1.29 is 9.15 Å². The molecule has 0 fully saturated rings. The third-order valence-electron chi connectivity index (χ3n) is 3.92. The maximum Gasteiger partial charge on any atom is 0.226 e. The zero-order valence-corrected chi connectivity index (χ0v) is 13.6. The summed E-state index contributed by atoms with van der Waals surface area (Å²) in [5.74, 6) is 1.42. The Morgan fingerprint density at radius 2 is 1.28 bits per heavy atom. The first-order valence-electron chi connectivity index (χ1n) is 8.16. The van der Waals surface area contributed by atoms with E-state index in [0.717, 1.165) is 17.0 Å². The first-order valence-corrected chi connectivity index (χ1v) is 8.16. The van der Waals surface area contributed by atoms with Crippen molar-refractivity contribution in [2.75, 3.05) is 0 Å². The highest BCUT2D eigenvalue weighted by molar-refractivity contribution is 5.63. The van der Waals surface area contributed by atoms with Crippen molar-refractivity contribution in [1.29, 1.82) is 0 Å². The Labute approximate surface area is 146 Å². The fraction of sp³-hybridized carbons (Fsp3) is 0.0455. The highest BCUT2D eigenvalue weighted by Crippen LogP contribution is 2.23. The Balaban J connectivity index is 1.41. The van der Waals surface area contributed by atoms with Crippen molar-refractivity contribution >= 4 is 0 Å². The molecular formula is C22H17NO2. The van der Waals surface area contributed by atoms with Crippen LogP contribution in [0.1, 0.15) is 5.69 Å². The van der Waals surface area contributed by atoms with Gasteiger partial charge in [0.2, 0.25) is 5.89 Å². The van der Waals surface area contributed by atoms with Gasteiger partial charge in [-0.1, -0.05) is 60.7 Å².